The van der Waals surface area contributed by atoms with Gasteiger partial charge in [-0.1, -0.05) is 32.6 Å². The van der Waals surface area contributed by atoms with E-state index in [0.717, 1.165) is 26.2 Å². The number of amides is 1. The van der Waals surface area contributed by atoms with Crippen molar-refractivity contribution in [1.82, 2.24) is 5.32 Å². The molecule has 0 heterocycles. The summed E-state index contributed by atoms with van der Waals surface area (Å²) in [6.45, 7) is 6.49. The molecule has 0 unspecified atom stereocenters. The van der Waals surface area contributed by atoms with E-state index in [9.17, 15) is 4.79 Å². The molecule has 1 N–H and O–H groups in total. The van der Waals surface area contributed by atoms with Crippen molar-refractivity contribution in [1.29, 1.82) is 0 Å². The zero-order valence-corrected chi connectivity index (χ0v) is 10.9. The summed E-state index contributed by atoms with van der Waals surface area (Å²) >= 11 is 0. The number of hydrogen-bond acceptors (Lipinski definition) is 2. The summed E-state index contributed by atoms with van der Waals surface area (Å²) in [4.78, 5) is 10.9. The van der Waals surface area contributed by atoms with Gasteiger partial charge in [-0.2, -0.15) is 0 Å². The predicted molar refractivity (Wildman–Crippen MR) is 69.6 cm³/mol. The van der Waals surface area contributed by atoms with Gasteiger partial charge >= 0.3 is 0 Å². The molecule has 0 aliphatic heterocycles. The molecule has 0 bridgehead atoms. The molecule has 0 atom stereocenters. The summed E-state index contributed by atoms with van der Waals surface area (Å²) in [6, 6.07) is 0. The average molecular weight is 231 g/mol. The molecular formula is C13H29NO2. The van der Waals surface area contributed by atoms with Gasteiger partial charge in [0.25, 0.3) is 0 Å². The van der Waals surface area contributed by atoms with E-state index in [1.807, 2.05) is 13.8 Å². The minimum Gasteiger partial charge on any atom is -0.382 e. The van der Waals surface area contributed by atoms with E-state index in [0.29, 0.717) is 6.42 Å². The zero-order chi connectivity index (χ0) is 12.1. The lowest BCUT2D eigenvalue weighted by molar-refractivity contribution is -0.120. The van der Waals surface area contributed by atoms with E-state index >= 15 is 0 Å². The minimum atomic E-state index is 0. The fourth-order valence-electron chi connectivity index (χ4n) is 1.53. The third kappa shape index (κ3) is 11.5. The Morgan fingerprint density at radius 1 is 1.06 bits per heavy atom. The third-order valence-electron chi connectivity index (χ3n) is 2.56. The van der Waals surface area contributed by atoms with Crippen molar-refractivity contribution in [2.24, 2.45) is 0 Å². The lowest BCUT2D eigenvalue weighted by Gasteiger charge is -2.04. The van der Waals surface area contributed by atoms with Crippen LogP contribution in [0, 0.1) is 0 Å². The molecule has 0 rings (SSSR count). The zero-order valence-electron chi connectivity index (χ0n) is 10.9. The van der Waals surface area contributed by atoms with Crippen LogP contribution in [0.2, 0.25) is 0 Å². The summed E-state index contributed by atoms with van der Waals surface area (Å²) in [5, 5.41) is 2.89. The first-order chi connectivity index (χ1) is 7.81. The van der Waals surface area contributed by atoms with Gasteiger partial charge in [0.15, 0.2) is 0 Å². The van der Waals surface area contributed by atoms with Crippen molar-refractivity contribution < 1.29 is 11.0 Å². The molecule has 0 saturated carbocycles. The van der Waals surface area contributed by atoms with E-state index in [2.05, 4.69) is 5.32 Å². The van der Waals surface area contributed by atoms with Gasteiger partial charge < -0.3 is 10.1 Å². The number of rotatable bonds is 11. The molecule has 3 heteroatoms. The number of nitrogens with one attached hydrogen (secondary N) is 1. The van der Waals surface area contributed by atoms with Crippen LogP contribution in [0.3, 0.4) is 0 Å². The van der Waals surface area contributed by atoms with Crippen LogP contribution in [-0.2, 0) is 9.53 Å². The molecule has 3 nitrogen and oxygen atoms in total. The second kappa shape index (κ2) is 12.5. The van der Waals surface area contributed by atoms with Crippen molar-refractivity contribution in [3.63, 3.8) is 0 Å². The molecule has 0 saturated heterocycles. The molecule has 0 aliphatic rings. The SMILES string of the molecule is CCOCCCCCCCCNC(=O)CC.[HH]. The van der Waals surface area contributed by atoms with Gasteiger partial charge in [-0.25, -0.2) is 0 Å². The van der Waals surface area contributed by atoms with Crippen LogP contribution in [0.25, 0.3) is 0 Å². The van der Waals surface area contributed by atoms with Crippen molar-refractivity contribution in [3.05, 3.63) is 0 Å². The van der Waals surface area contributed by atoms with Crippen LogP contribution in [0.1, 0.15) is 60.2 Å². The van der Waals surface area contributed by atoms with Gasteiger partial charge in [-0.15, -0.1) is 0 Å². The quantitative estimate of drug-likeness (QED) is 0.555. The van der Waals surface area contributed by atoms with Crippen molar-refractivity contribution in [2.45, 2.75) is 58.8 Å². The molecule has 1 amide bonds. The lowest BCUT2D eigenvalue weighted by atomic mass is 10.1. The standard InChI is InChI=1S/C13H27NO2.H2/c1-3-13(15)14-11-9-7-5-6-8-10-12-16-4-2;/h3-12H2,1-2H3,(H,14,15);1H. The van der Waals surface area contributed by atoms with Crippen LogP contribution in [0.15, 0.2) is 0 Å². The number of unbranched alkanes of at least 4 members (excludes halogenated alkanes) is 5. The Morgan fingerprint density at radius 3 is 2.31 bits per heavy atom. The Kier molecular flexibility index (Phi) is 12.1. The summed E-state index contributed by atoms with van der Waals surface area (Å²) in [5.41, 5.74) is 0. The second-order valence-corrected chi connectivity index (χ2v) is 4.02. The molecule has 0 aromatic rings. The Labute approximate surface area is 101 Å². The fraction of sp³-hybridized carbons (Fsp3) is 0.923. The molecule has 98 valence electrons. The fourth-order valence-corrected chi connectivity index (χ4v) is 1.53. The van der Waals surface area contributed by atoms with Gasteiger partial charge in [0.1, 0.15) is 0 Å². The first-order valence-corrected chi connectivity index (χ1v) is 6.65. The maximum atomic E-state index is 10.9. The summed E-state index contributed by atoms with van der Waals surface area (Å²) in [5.74, 6) is 0.164. The van der Waals surface area contributed by atoms with Gasteiger partial charge in [-0.3, -0.25) is 4.79 Å². The highest BCUT2D eigenvalue weighted by Crippen LogP contribution is 2.04. The first kappa shape index (κ1) is 15.4. The van der Waals surface area contributed by atoms with Crippen LogP contribution >= 0.6 is 0 Å². The lowest BCUT2D eigenvalue weighted by Crippen LogP contribution is -2.23. The maximum Gasteiger partial charge on any atom is 0.219 e. The van der Waals surface area contributed by atoms with Crippen LogP contribution in [0.5, 0.6) is 0 Å². The van der Waals surface area contributed by atoms with Crippen molar-refractivity contribution in [2.75, 3.05) is 19.8 Å². The first-order valence-electron chi connectivity index (χ1n) is 6.65. The van der Waals surface area contributed by atoms with Gasteiger partial charge in [0.05, 0.1) is 0 Å². The number of carbonyl (C=O) groups excluding carboxylic acids is 1. The molecule has 0 spiro atoms. The second-order valence-electron chi connectivity index (χ2n) is 4.02. The van der Waals surface area contributed by atoms with Crippen molar-refractivity contribution >= 4 is 5.91 Å². The molecule has 16 heavy (non-hydrogen) atoms. The summed E-state index contributed by atoms with van der Waals surface area (Å²) < 4.78 is 5.27. The molecule has 0 aliphatic carbocycles. The Hall–Kier alpha value is -0.570. The van der Waals surface area contributed by atoms with Crippen LogP contribution in [0.4, 0.5) is 0 Å². The predicted octanol–water partition coefficient (Wildman–Crippen LogP) is 3.14. The number of carbonyl (C=O) groups is 1. The Balaban J connectivity index is 0. The van der Waals surface area contributed by atoms with E-state index in [4.69, 9.17) is 4.74 Å². The van der Waals surface area contributed by atoms with Gasteiger partial charge in [0.2, 0.25) is 5.91 Å². The Morgan fingerprint density at radius 2 is 1.69 bits per heavy atom. The highest BCUT2D eigenvalue weighted by Gasteiger charge is 1.95. The van der Waals surface area contributed by atoms with E-state index < -0.39 is 0 Å². The number of ether oxygens (including phenoxy) is 1. The average Bonchev–Trinajstić information content (AvgIpc) is 2.31. The number of hydrogen-bond donors (Lipinski definition) is 1. The largest absolute Gasteiger partial charge is 0.382 e. The molecular weight excluding hydrogens is 202 g/mol. The topological polar surface area (TPSA) is 38.3 Å². The van der Waals surface area contributed by atoms with E-state index in [-0.39, 0.29) is 7.33 Å². The van der Waals surface area contributed by atoms with Crippen molar-refractivity contribution in [3.8, 4) is 0 Å². The summed E-state index contributed by atoms with van der Waals surface area (Å²) in [6.07, 6.45) is 7.93. The minimum absolute atomic E-state index is 0. The van der Waals surface area contributed by atoms with Gasteiger partial charge in [0, 0.05) is 27.6 Å². The highest BCUT2D eigenvalue weighted by molar-refractivity contribution is 5.75. The summed E-state index contributed by atoms with van der Waals surface area (Å²) in [7, 11) is 0. The van der Waals surface area contributed by atoms with Crippen LogP contribution in [-0.4, -0.2) is 25.7 Å². The van der Waals surface area contributed by atoms with Gasteiger partial charge in [-0.05, 0) is 19.8 Å². The normalized spacial score (nSPS) is 10.4. The molecule has 0 fully saturated rings. The maximum absolute atomic E-state index is 10.9. The third-order valence-corrected chi connectivity index (χ3v) is 2.56. The molecule has 0 radical (unpaired) electrons. The Bertz CT molecular complexity index is 165. The van der Waals surface area contributed by atoms with E-state index in [1.54, 1.807) is 0 Å². The molecule has 0 aromatic carbocycles. The smallest absolute Gasteiger partial charge is 0.219 e. The van der Waals surface area contributed by atoms with E-state index in [1.165, 1.54) is 32.1 Å². The van der Waals surface area contributed by atoms with Crippen LogP contribution < -0.4 is 5.32 Å². The molecule has 0 aromatic heterocycles. The monoisotopic (exact) mass is 231 g/mol. The highest BCUT2D eigenvalue weighted by atomic mass is 16.5.